The zero-order valence-corrected chi connectivity index (χ0v) is 14.3. The van der Waals surface area contributed by atoms with Crippen LogP contribution in [0.3, 0.4) is 0 Å². The lowest BCUT2D eigenvalue weighted by atomic mass is 9.94. The smallest absolute Gasteiger partial charge is 0.410 e. The van der Waals surface area contributed by atoms with Crippen molar-refractivity contribution in [3.63, 3.8) is 0 Å². The van der Waals surface area contributed by atoms with Gasteiger partial charge in [-0.3, -0.25) is 4.68 Å². The molecule has 1 aliphatic heterocycles. The van der Waals surface area contributed by atoms with E-state index in [0.29, 0.717) is 19.7 Å². The lowest BCUT2D eigenvalue weighted by Gasteiger charge is -2.37. The molecule has 4 rings (SSSR count). The molecule has 0 spiro atoms. The second-order valence-electron chi connectivity index (χ2n) is 6.48. The van der Waals surface area contributed by atoms with Gasteiger partial charge in [0.15, 0.2) is 5.65 Å². The Morgan fingerprint density at radius 2 is 2.00 bits per heavy atom. The van der Waals surface area contributed by atoms with Gasteiger partial charge in [0.05, 0.1) is 5.69 Å². The van der Waals surface area contributed by atoms with E-state index in [1.54, 1.807) is 11.1 Å². The van der Waals surface area contributed by atoms with Crippen molar-refractivity contribution in [3.05, 3.63) is 59.4 Å². The first-order valence-corrected chi connectivity index (χ1v) is 8.37. The molecule has 0 bridgehead atoms. The zero-order chi connectivity index (χ0) is 17.4. The summed E-state index contributed by atoms with van der Waals surface area (Å²) in [7, 11) is 1.91. The van der Waals surface area contributed by atoms with Crippen LogP contribution in [0.5, 0.6) is 0 Å². The molecule has 3 heterocycles. The van der Waals surface area contributed by atoms with Gasteiger partial charge in [-0.05, 0) is 24.1 Å². The minimum absolute atomic E-state index is 0.232. The Morgan fingerprint density at radius 3 is 2.76 bits per heavy atom. The molecule has 6 heteroatoms. The van der Waals surface area contributed by atoms with Gasteiger partial charge in [0.2, 0.25) is 0 Å². The summed E-state index contributed by atoms with van der Waals surface area (Å²) in [4.78, 5) is 18.3. The molecular formula is C19H20N4O2. The van der Waals surface area contributed by atoms with Crippen molar-refractivity contribution in [2.75, 3.05) is 13.1 Å². The van der Waals surface area contributed by atoms with E-state index in [4.69, 9.17) is 4.74 Å². The number of benzene rings is 1. The highest BCUT2D eigenvalue weighted by Gasteiger charge is 2.36. The average molecular weight is 336 g/mol. The van der Waals surface area contributed by atoms with Crippen LogP contribution >= 0.6 is 0 Å². The van der Waals surface area contributed by atoms with E-state index in [1.165, 1.54) is 5.56 Å². The number of likely N-dealkylation sites (tertiary alicyclic amines) is 1. The maximum absolute atomic E-state index is 12.2. The van der Waals surface area contributed by atoms with Gasteiger partial charge in [0, 0.05) is 37.6 Å². The van der Waals surface area contributed by atoms with Gasteiger partial charge in [-0.1, -0.05) is 30.3 Å². The Morgan fingerprint density at radius 1 is 1.24 bits per heavy atom. The third-order valence-electron chi connectivity index (χ3n) is 4.69. The highest BCUT2D eigenvalue weighted by molar-refractivity contribution is 5.83. The van der Waals surface area contributed by atoms with Crippen LogP contribution in [-0.2, 0) is 18.4 Å². The third-order valence-corrected chi connectivity index (χ3v) is 4.69. The molecule has 0 N–H and O–H groups in total. The summed E-state index contributed by atoms with van der Waals surface area (Å²) in [5.74, 6) is 0.232. The van der Waals surface area contributed by atoms with Crippen molar-refractivity contribution >= 4 is 17.1 Å². The molecule has 1 aromatic carbocycles. The maximum atomic E-state index is 12.2. The molecule has 0 aliphatic carbocycles. The molecule has 0 saturated carbocycles. The second-order valence-corrected chi connectivity index (χ2v) is 6.48. The summed E-state index contributed by atoms with van der Waals surface area (Å²) in [6.07, 6.45) is 1.53. The topological polar surface area (TPSA) is 60.3 Å². The van der Waals surface area contributed by atoms with Crippen LogP contribution in [0.2, 0.25) is 0 Å². The lowest BCUT2D eigenvalue weighted by molar-refractivity contribution is 0.0658. The predicted octanol–water partition coefficient (Wildman–Crippen LogP) is 3.01. The largest absolute Gasteiger partial charge is 0.445 e. The van der Waals surface area contributed by atoms with Crippen molar-refractivity contribution in [2.24, 2.45) is 7.05 Å². The number of amides is 1. The minimum Gasteiger partial charge on any atom is -0.445 e. The fraction of sp³-hybridized carbons (Fsp3) is 0.316. The van der Waals surface area contributed by atoms with Crippen LogP contribution in [0.4, 0.5) is 4.79 Å². The molecule has 6 nitrogen and oxygen atoms in total. The van der Waals surface area contributed by atoms with Crippen LogP contribution in [0.1, 0.15) is 22.7 Å². The first-order chi connectivity index (χ1) is 12.1. The van der Waals surface area contributed by atoms with E-state index in [9.17, 15) is 4.79 Å². The normalized spacial score (nSPS) is 14.6. The van der Waals surface area contributed by atoms with E-state index in [0.717, 1.165) is 22.3 Å². The number of carbonyl (C=O) groups excluding carboxylic acids is 1. The quantitative estimate of drug-likeness (QED) is 0.738. The highest BCUT2D eigenvalue weighted by atomic mass is 16.6. The highest BCUT2D eigenvalue weighted by Crippen LogP contribution is 2.32. The van der Waals surface area contributed by atoms with E-state index < -0.39 is 0 Å². The number of aromatic nitrogens is 3. The minimum atomic E-state index is -0.268. The third kappa shape index (κ3) is 2.84. The Labute approximate surface area is 146 Å². The molecule has 25 heavy (non-hydrogen) atoms. The molecule has 0 unspecified atom stereocenters. The second kappa shape index (κ2) is 6.20. The maximum Gasteiger partial charge on any atom is 0.410 e. The van der Waals surface area contributed by atoms with Crippen molar-refractivity contribution in [2.45, 2.75) is 19.4 Å². The fourth-order valence-electron chi connectivity index (χ4n) is 3.26. The molecule has 0 atom stereocenters. The summed E-state index contributed by atoms with van der Waals surface area (Å²) >= 11 is 0. The predicted molar refractivity (Wildman–Crippen MR) is 94.2 cm³/mol. The first-order valence-electron chi connectivity index (χ1n) is 8.37. The summed E-state index contributed by atoms with van der Waals surface area (Å²) in [5.41, 5.74) is 4.07. The van der Waals surface area contributed by atoms with Crippen LogP contribution in [0.25, 0.3) is 11.0 Å². The van der Waals surface area contributed by atoms with Crippen molar-refractivity contribution in [1.29, 1.82) is 0 Å². The van der Waals surface area contributed by atoms with E-state index >= 15 is 0 Å². The van der Waals surface area contributed by atoms with Gasteiger partial charge < -0.3 is 9.64 Å². The van der Waals surface area contributed by atoms with E-state index in [-0.39, 0.29) is 12.0 Å². The first kappa shape index (κ1) is 15.6. The van der Waals surface area contributed by atoms with Crippen molar-refractivity contribution < 1.29 is 9.53 Å². The zero-order valence-electron chi connectivity index (χ0n) is 14.3. The lowest BCUT2D eigenvalue weighted by Crippen LogP contribution is -2.48. The van der Waals surface area contributed by atoms with Gasteiger partial charge in [0.25, 0.3) is 0 Å². The van der Waals surface area contributed by atoms with E-state index in [1.807, 2.05) is 48.1 Å². The molecule has 0 radical (unpaired) electrons. The number of rotatable bonds is 3. The number of nitrogens with zero attached hydrogens (tertiary/aromatic N) is 4. The summed E-state index contributed by atoms with van der Waals surface area (Å²) < 4.78 is 7.20. The summed E-state index contributed by atoms with van der Waals surface area (Å²) in [6, 6.07) is 11.7. The number of ether oxygens (including phenoxy) is 1. The standard InChI is InChI=1S/C19H20N4O2/c1-13-8-9-20-18-16(13)17(21-22(18)2)15-10-23(11-15)19(24)25-12-14-6-4-3-5-7-14/h3-9,15H,10-12H2,1-2H3. The summed E-state index contributed by atoms with van der Waals surface area (Å²) in [6.45, 7) is 3.64. The average Bonchev–Trinajstić information content (AvgIpc) is 2.91. The molecule has 1 saturated heterocycles. The SMILES string of the molecule is Cc1ccnc2c1c(C1CN(C(=O)OCc3ccccc3)C1)nn2C. The van der Waals surface area contributed by atoms with Gasteiger partial charge in [-0.15, -0.1) is 0 Å². The molecule has 128 valence electrons. The van der Waals surface area contributed by atoms with Gasteiger partial charge in [0.1, 0.15) is 6.61 Å². The Bertz CT molecular complexity index is 914. The van der Waals surface area contributed by atoms with E-state index in [2.05, 4.69) is 17.0 Å². The van der Waals surface area contributed by atoms with Crippen LogP contribution in [0.15, 0.2) is 42.6 Å². The fourth-order valence-corrected chi connectivity index (χ4v) is 3.26. The van der Waals surface area contributed by atoms with Crippen LogP contribution < -0.4 is 0 Å². The number of aryl methyl sites for hydroxylation is 2. The Kier molecular flexibility index (Phi) is 3.87. The van der Waals surface area contributed by atoms with Gasteiger partial charge in [-0.2, -0.15) is 5.10 Å². The molecule has 3 aromatic rings. The van der Waals surface area contributed by atoms with Crippen LogP contribution in [-0.4, -0.2) is 38.8 Å². The van der Waals surface area contributed by atoms with Crippen molar-refractivity contribution in [3.8, 4) is 0 Å². The molecule has 1 amide bonds. The van der Waals surface area contributed by atoms with Crippen LogP contribution in [0, 0.1) is 6.92 Å². The number of carbonyl (C=O) groups is 1. The summed E-state index contributed by atoms with van der Waals surface area (Å²) in [5, 5.41) is 5.74. The molecule has 2 aromatic heterocycles. The molecule has 1 fully saturated rings. The Hall–Kier alpha value is -2.89. The van der Waals surface area contributed by atoms with Gasteiger partial charge >= 0.3 is 6.09 Å². The number of hydrogen-bond donors (Lipinski definition) is 0. The monoisotopic (exact) mass is 336 g/mol. The number of hydrogen-bond acceptors (Lipinski definition) is 4. The Balaban J connectivity index is 1.41. The molecule has 1 aliphatic rings. The van der Waals surface area contributed by atoms with Gasteiger partial charge in [-0.25, -0.2) is 9.78 Å². The number of pyridine rings is 1. The van der Waals surface area contributed by atoms with Crippen molar-refractivity contribution in [1.82, 2.24) is 19.7 Å². The number of fused-ring (bicyclic) bond motifs is 1. The molecular weight excluding hydrogens is 316 g/mol.